The van der Waals surface area contributed by atoms with Gasteiger partial charge in [0.25, 0.3) is 5.91 Å². The molecule has 3 rings (SSSR count). The minimum Gasteiger partial charge on any atom is -0.348 e. The molecule has 1 aromatic heterocycles. The van der Waals surface area contributed by atoms with Crippen LogP contribution < -0.4 is 5.32 Å². The lowest BCUT2D eigenvalue weighted by Gasteiger charge is -2.33. The monoisotopic (exact) mass is 304 g/mol. The minimum atomic E-state index is 0.0114. The third-order valence-electron chi connectivity index (χ3n) is 5.15. The molecule has 0 bridgehead atoms. The van der Waals surface area contributed by atoms with E-state index in [1.807, 2.05) is 20.0 Å². The summed E-state index contributed by atoms with van der Waals surface area (Å²) in [5.74, 6) is 0.931. The van der Waals surface area contributed by atoms with E-state index in [0.717, 1.165) is 37.5 Å². The molecule has 0 spiro atoms. The Hall–Kier alpha value is -1.36. The van der Waals surface area contributed by atoms with Crippen molar-refractivity contribution in [3.05, 3.63) is 17.5 Å². The molecule has 2 fully saturated rings. The van der Waals surface area contributed by atoms with Crippen molar-refractivity contribution in [2.24, 2.45) is 13.0 Å². The van der Waals surface area contributed by atoms with Crippen molar-refractivity contribution in [1.29, 1.82) is 0 Å². The lowest BCUT2D eigenvalue weighted by molar-refractivity contribution is 0.0896. The number of piperidine rings is 1. The molecule has 1 aromatic rings. The van der Waals surface area contributed by atoms with Crippen molar-refractivity contribution >= 4 is 5.91 Å². The summed E-state index contributed by atoms with van der Waals surface area (Å²) in [5, 5.41) is 7.42. The molecule has 5 heteroatoms. The van der Waals surface area contributed by atoms with E-state index in [4.69, 9.17) is 0 Å². The number of rotatable bonds is 4. The van der Waals surface area contributed by atoms with Gasteiger partial charge in [0, 0.05) is 32.7 Å². The van der Waals surface area contributed by atoms with E-state index in [1.54, 1.807) is 4.68 Å². The zero-order valence-electron chi connectivity index (χ0n) is 13.8. The first kappa shape index (κ1) is 15.5. The number of carbonyl (C=O) groups is 1. The molecule has 1 N–H and O–H groups in total. The smallest absolute Gasteiger partial charge is 0.269 e. The fourth-order valence-electron chi connectivity index (χ4n) is 3.90. The number of carbonyl (C=O) groups excluding carboxylic acids is 1. The van der Waals surface area contributed by atoms with Crippen molar-refractivity contribution in [3.8, 4) is 0 Å². The standard InChI is InChI=1S/C17H28N4O/c1-13-11-16(20(2)19-13)17(22)18-15-7-9-21(10-8-15)12-14-5-3-4-6-14/h11,14-15H,3-10,12H2,1-2H3,(H,18,22). The second kappa shape index (κ2) is 6.82. The number of hydrogen-bond donors (Lipinski definition) is 1. The Morgan fingerprint density at radius 3 is 2.55 bits per heavy atom. The maximum absolute atomic E-state index is 12.3. The van der Waals surface area contributed by atoms with Crippen molar-refractivity contribution in [3.63, 3.8) is 0 Å². The summed E-state index contributed by atoms with van der Waals surface area (Å²) in [6.45, 7) is 5.41. The molecule has 22 heavy (non-hydrogen) atoms. The Morgan fingerprint density at radius 1 is 1.27 bits per heavy atom. The van der Waals surface area contributed by atoms with Crippen molar-refractivity contribution in [2.75, 3.05) is 19.6 Å². The number of nitrogens with zero attached hydrogens (tertiary/aromatic N) is 3. The SMILES string of the molecule is Cc1cc(C(=O)NC2CCN(CC3CCCC3)CC2)n(C)n1. The lowest BCUT2D eigenvalue weighted by atomic mass is 10.0. The molecule has 5 nitrogen and oxygen atoms in total. The summed E-state index contributed by atoms with van der Waals surface area (Å²) in [5.41, 5.74) is 1.55. The Morgan fingerprint density at radius 2 is 1.95 bits per heavy atom. The third-order valence-corrected chi connectivity index (χ3v) is 5.15. The number of nitrogens with one attached hydrogen (secondary N) is 1. The summed E-state index contributed by atoms with van der Waals surface area (Å²) in [6.07, 6.45) is 7.79. The molecule has 2 aliphatic rings. The zero-order valence-corrected chi connectivity index (χ0v) is 13.8. The highest BCUT2D eigenvalue weighted by Crippen LogP contribution is 2.26. The maximum atomic E-state index is 12.3. The fourth-order valence-corrected chi connectivity index (χ4v) is 3.90. The molecule has 1 aliphatic heterocycles. The highest BCUT2D eigenvalue weighted by atomic mass is 16.2. The first-order chi connectivity index (χ1) is 10.6. The van der Waals surface area contributed by atoms with Gasteiger partial charge in [0.2, 0.25) is 0 Å². The summed E-state index contributed by atoms with van der Waals surface area (Å²) >= 11 is 0. The number of aryl methyl sites for hydroxylation is 2. The van der Waals surface area contributed by atoms with Gasteiger partial charge in [0.1, 0.15) is 5.69 Å². The van der Waals surface area contributed by atoms with E-state index in [2.05, 4.69) is 15.3 Å². The first-order valence-electron chi connectivity index (χ1n) is 8.65. The Kier molecular flexibility index (Phi) is 4.81. The van der Waals surface area contributed by atoms with Gasteiger partial charge in [-0.15, -0.1) is 0 Å². The molecule has 122 valence electrons. The van der Waals surface area contributed by atoms with Gasteiger partial charge < -0.3 is 10.2 Å². The summed E-state index contributed by atoms with van der Waals surface area (Å²) in [4.78, 5) is 14.9. The summed E-state index contributed by atoms with van der Waals surface area (Å²) in [6, 6.07) is 2.16. The highest BCUT2D eigenvalue weighted by molar-refractivity contribution is 5.92. The highest BCUT2D eigenvalue weighted by Gasteiger charge is 2.25. The second-order valence-corrected chi connectivity index (χ2v) is 6.99. The molecule has 2 heterocycles. The Labute approximate surface area is 133 Å². The normalized spacial score (nSPS) is 21.4. The van der Waals surface area contributed by atoms with Gasteiger partial charge >= 0.3 is 0 Å². The van der Waals surface area contributed by atoms with Crippen LogP contribution in [-0.2, 0) is 7.05 Å². The van der Waals surface area contributed by atoms with Gasteiger partial charge in [0.15, 0.2) is 0 Å². The molecule has 1 amide bonds. The first-order valence-corrected chi connectivity index (χ1v) is 8.65. The molecule has 0 aromatic carbocycles. The maximum Gasteiger partial charge on any atom is 0.269 e. The molecule has 0 radical (unpaired) electrons. The number of aromatic nitrogens is 2. The van der Waals surface area contributed by atoms with E-state index in [-0.39, 0.29) is 5.91 Å². The van der Waals surface area contributed by atoms with E-state index in [9.17, 15) is 4.79 Å². The molecule has 1 aliphatic carbocycles. The van der Waals surface area contributed by atoms with Crippen molar-refractivity contribution in [1.82, 2.24) is 20.0 Å². The van der Waals surface area contributed by atoms with Crippen LogP contribution >= 0.6 is 0 Å². The molecule has 1 saturated heterocycles. The average Bonchev–Trinajstić information content (AvgIpc) is 3.10. The largest absolute Gasteiger partial charge is 0.348 e. The Balaban J connectivity index is 1.45. The van der Waals surface area contributed by atoms with Gasteiger partial charge in [-0.25, -0.2) is 0 Å². The molecule has 0 unspecified atom stereocenters. The van der Waals surface area contributed by atoms with Crippen LogP contribution in [0.3, 0.4) is 0 Å². The van der Waals surface area contributed by atoms with Gasteiger partial charge in [-0.3, -0.25) is 9.48 Å². The quantitative estimate of drug-likeness (QED) is 0.927. The molecule has 0 atom stereocenters. The van der Waals surface area contributed by atoms with Crippen LogP contribution in [0, 0.1) is 12.8 Å². The van der Waals surface area contributed by atoms with Crippen LogP contribution in [0.25, 0.3) is 0 Å². The molecule has 1 saturated carbocycles. The van der Waals surface area contributed by atoms with Gasteiger partial charge in [-0.2, -0.15) is 5.10 Å². The van der Waals surface area contributed by atoms with Crippen LogP contribution in [-0.4, -0.2) is 46.3 Å². The zero-order chi connectivity index (χ0) is 15.5. The van der Waals surface area contributed by atoms with Crippen molar-refractivity contribution in [2.45, 2.75) is 51.5 Å². The van der Waals surface area contributed by atoms with Crippen LogP contribution in [0.4, 0.5) is 0 Å². The van der Waals surface area contributed by atoms with E-state index < -0.39 is 0 Å². The molecular formula is C17H28N4O. The van der Waals surface area contributed by atoms with Crippen molar-refractivity contribution < 1.29 is 4.79 Å². The minimum absolute atomic E-state index is 0.0114. The summed E-state index contributed by atoms with van der Waals surface area (Å²) < 4.78 is 1.67. The lowest BCUT2D eigenvalue weighted by Crippen LogP contribution is -2.46. The van der Waals surface area contributed by atoms with E-state index >= 15 is 0 Å². The van der Waals surface area contributed by atoms with Crippen LogP contribution in [0.15, 0.2) is 6.07 Å². The average molecular weight is 304 g/mol. The topological polar surface area (TPSA) is 50.2 Å². The fraction of sp³-hybridized carbons (Fsp3) is 0.765. The van der Waals surface area contributed by atoms with Gasteiger partial charge in [0.05, 0.1) is 5.69 Å². The number of likely N-dealkylation sites (tertiary alicyclic amines) is 1. The predicted octanol–water partition coefficient (Wildman–Crippen LogP) is 2.11. The van der Waals surface area contributed by atoms with Gasteiger partial charge in [-0.1, -0.05) is 12.8 Å². The van der Waals surface area contributed by atoms with Crippen LogP contribution in [0.1, 0.15) is 54.7 Å². The Bertz CT molecular complexity index is 511. The van der Waals surface area contributed by atoms with Crippen LogP contribution in [0.2, 0.25) is 0 Å². The summed E-state index contributed by atoms with van der Waals surface area (Å²) in [7, 11) is 1.83. The van der Waals surface area contributed by atoms with E-state index in [0.29, 0.717) is 11.7 Å². The predicted molar refractivity (Wildman–Crippen MR) is 86.8 cm³/mol. The van der Waals surface area contributed by atoms with E-state index in [1.165, 1.54) is 32.2 Å². The third kappa shape index (κ3) is 3.69. The second-order valence-electron chi connectivity index (χ2n) is 6.99. The number of amides is 1. The number of hydrogen-bond acceptors (Lipinski definition) is 3. The van der Waals surface area contributed by atoms with Gasteiger partial charge in [-0.05, 0) is 44.6 Å². The molecular weight excluding hydrogens is 276 g/mol. The van der Waals surface area contributed by atoms with Crippen LogP contribution in [0.5, 0.6) is 0 Å².